The predicted octanol–water partition coefficient (Wildman–Crippen LogP) is 3.09. The molecule has 0 saturated carbocycles. The van der Waals surface area contributed by atoms with E-state index in [2.05, 4.69) is 34.6 Å². The van der Waals surface area contributed by atoms with Gasteiger partial charge in [-0.05, 0) is 18.1 Å². The molecule has 0 radical (unpaired) electrons. The van der Waals surface area contributed by atoms with Crippen LogP contribution in [0, 0.1) is 0 Å². The zero-order valence-corrected chi connectivity index (χ0v) is 13.5. The molecule has 0 saturated heterocycles. The average molecular weight is 317 g/mol. The predicted molar refractivity (Wildman–Crippen MR) is 95.7 cm³/mol. The number of hydrogen-bond donors (Lipinski definition) is 2. The molecule has 2 heterocycles. The van der Waals surface area contributed by atoms with E-state index in [9.17, 15) is 5.11 Å². The molecule has 2 aliphatic heterocycles. The molecule has 24 heavy (non-hydrogen) atoms. The summed E-state index contributed by atoms with van der Waals surface area (Å²) in [7, 11) is 0. The van der Waals surface area contributed by atoms with E-state index in [-0.39, 0.29) is 0 Å². The van der Waals surface area contributed by atoms with Crippen molar-refractivity contribution >= 4 is 11.4 Å². The largest absolute Gasteiger partial charge is 0.368 e. The Bertz CT molecular complexity index is 838. The molecule has 120 valence electrons. The Hall–Kier alpha value is -2.85. The molecule has 2 aliphatic rings. The van der Waals surface area contributed by atoms with Gasteiger partial charge >= 0.3 is 0 Å². The minimum Gasteiger partial charge on any atom is -0.368 e. The highest BCUT2D eigenvalue weighted by molar-refractivity contribution is 5.90. The molecule has 2 aromatic rings. The Morgan fingerprint density at radius 2 is 1.71 bits per heavy atom. The van der Waals surface area contributed by atoms with E-state index in [4.69, 9.17) is 0 Å². The van der Waals surface area contributed by atoms with Gasteiger partial charge in [0.15, 0.2) is 12.0 Å². The quantitative estimate of drug-likeness (QED) is 0.914. The molecule has 2 aromatic carbocycles. The Morgan fingerprint density at radius 3 is 2.42 bits per heavy atom. The van der Waals surface area contributed by atoms with Crippen LogP contribution in [0.15, 0.2) is 83.4 Å². The van der Waals surface area contributed by atoms with Crippen LogP contribution in [0.5, 0.6) is 0 Å². The van der Waals surface area contributed by atoms with Gasteiger partial charge in [-0.1, -0.05) is 60.7 Å². The van der Waals surface area contributed by atoms with Crippen LogP contribution >= 0.6 is 0 Å². The van der Waals surface area contributed by atoms with Crippen LogP contribution < -0.4 is 5.32 Å². The van der Waals surface area contributed by atoms with E-state index >= 15 is 0 Å². The summed E-state index contributed by atoms with van der Waals surface area (Å²) in [5.74, 6) is 0.795. The molecular weight excluding hydrogens is 298 g/mol. The highest BCUT2D eigenvalue weighted by Crippen LogP contribution is 2.31. The lowest BCUT2D eigenvalue weighted by molar-refractivity contribution is 0.130. The van der Waals surface area contributed by atoms with Gasteiger partial charge in [0.25, 0.3) is 0 Å². The summed E-state index contributed by atoms with van der Waals surface area (Å²) >= 11 is 0. The van der Waals surface area contributed by atoms with Gasteiger partial charge in [-0.3, -0.25) is 4.90 Å². The second-order valence-electron chi connectivity index (χ2n) is 6.03. The van der Waals surface area contributed by atoms with Crippen molar-refractivity contribution < 1.29 is 5.11 Å². The summed E-state index contributed by atoms with van der Waals surface area (Å²) in [6, 6.07) is 20.4. The van der Waals surface area contributed by atoms with E-state index in [1.165, 1.54) is 5.56 Å². The molecule has 0 aromatic heterocycles. The highest BCUT2D eigenvalue weighted by Gasteiger charge is 2.32. The highest BCUT2D eigenvalue weighted by atomic mass is 16.3. The van der Waals surface area contributed by atoms with Crippen LogP contribution in [0.2, 0.25) is 0 Å². The second-order valence-corrected chi connectivity index (χ2v) is 6.03. The fourth-order valence-electron chi connectivity index (χ4n) is 3.03. The lowest BCUT2D eigenvalue weighted by atomic mass is 10.1. The van der Waals surface area contributed by atoms with Crippen LogP contribution in [-0.2, 0) is 6.42 Å². The molecule has 0 bridgehead atoms. The average Bonchev–Trinajstić information content (AvgIpc) is 2.92. The van der Waals surface area contributed by atoms with Crippen LogP contribution in [0.1, 0.15) is 18.1 Å². The fourth-order valence-corrected chi connectivity index (χ4v) is 3.03. The zero-order valence-electron chi connectivity index (χ0n) is 13.5. The standard InChI is InChI=1S/C20H19N3O/c1-14-20(24)23-13-18(16-10-6-3-7-11-16)22-17(19(23)21-14)12-15-8-4-2-5-9-15/h2-11,13,20,22,24H,12H2,1H3. The minimum atomic E-state index is -0.702. The first kappa shape index (κ1) is 14.7. The summed E-state index contributed by atoms with van der Waals surface area (Å²) in [6.07, 6.45) is 1.97. The second kappa shape index (κ2) is 5.98. The van der Waals surface area contributed by atoms with Crippen molar-refractivity contribution in [3.63, 3.8) is 0 Å². The van der Waals surface area contributed by atoms with Gasteiger partial charge in [0.05, 0.1) is 17.1 Å². The number of rotatable bonds is 3. The number of allylic oxidation sites excluding steroid dienone is 1. The molecule has 0 aliphatic carbocycles. The third-order valence-electron chi connectivity index (χ3n) is 4.30. The number of fused-ring (bicyclic) bond motifs is 1. The van der Waals surface area contributed by atoms with E-state index in [0.717, 1.165) is 29.2 Å². The number of aliphatic imine (C=N–C) groups is 1. The topological polar surface area (TPSA) is 47.9 Å². The number of nitrogens with one attached hydrogen (secondary N) is 1. The number of benzene rings is 2. The Kier molecular flexibility index (Phi) is 3.67. The summed E-state index contributed by atoms with van der Waals surface area (Å²) in [5, 5.41) is 13.9. The molecule has 0 spiro atoms. The smallest absolute Gasteiger partial charge is 0.171 e. The maximum Gasteiger partial charge on any atom is 0.171 e. The van der Waals surface area contributed by atoms with E-state index in [1.807, 2.05) is 54.4 Å². The summed E-state index contributed by atoms with van der Waals surface area (Å²) in [5.41, 5.74) is 4.96. The van der Waals surface area contributed by atoms with Crippen molar-refractivity contribution in [3.8, 4) is 0 Å². The van der Waals surface area contributed by atoms with Gasteiger partial charge in [-0.15, -0.1) is 0 Å². The molecule has 0 fully saturated rings. The first-order valence-corrected chi connectivity index (χ1v) is 8.05. The molecule has 4 rings (SSSR count). The van der Waals surface area contributed by atoms with Gasteiger partial charge in [-0.25, -0.2) is 4.99 Å². The molecule has 4 heteroatoms. The maximum absolute atomic E-state index is 10.4. The number of nitrogens with zero attached hydrogens (tertiary/aromatic N) is 2. The van der Waals surface area contributed by atoms with Crippen molar-refractivity contribution in [3.05, 3.63) is 89.5 Å². The minimum absolute atomic E-state index is 0.702. The van der Waals surface area contributed by atoms with Crippen molar-refractivity contribution in [1.82, 2.24) is 10.2 Å². The van der Waals surface area contributed by atoms with Crippen molar-refractivity contribution in [2.75, 3.05) is 0 Å². The molecule has 1 unspecified atom stereocenters. The van der Waals surface area contributed by atoms with Crippen LogP contribution in [0.4, 0.5) is 0 Å². The van der Waals surface area contributed by atoms with Gasteiger partial charge in [0.2, 0.25) is 0 Å². The van der Waals surface area contributed by atoms with E-state index in [0.29, 0.717) is 5.71 Å². The van der Waals surface area contributed by atoms with Gasteiger partial charge < -0.3 is 10.4 Å². The SMILES string of the molecule is CC1=NC2=C(Cc3ccccc3)NC(c3ccccc3)=CN2C1O. The van der Waals surface area contributed by atoms with Gasteiger partial charge in [-0.2, -0.15) is 0 Å². The lowest BCUT2D eigenvalue weighted by Gasteiger charge is -2.29. The summed E-state index contributed by atoms with van der Waals surface area (Å²) in [6.45, 7) is 1.85. The van der Waals surface area contributed by atoms with E-state index in [1.54, 1.807) is 0 Å². The van der Waals surface area contributed by atoms with Crippen molar-refractivity contribution in [2.45, 2.75) is 19.6 Å². The Labute approximate surface area is 141 Å². The third-order valence-corrected chi connectivity index (χ3v) is 4.30. The van der Waals surface area contributed by atoms with Gasteiger partial charge in [0, 0.05) is 12.6 Å². The molecule has 1 atom stereocenters. The number of aliphatic hydroxyl groups excluding tert-OH is 1. The molecule has 0 amide bonds. The number of hydrogen-bond acceptors (Lipinski definition) is 4. The zero-order chi connectivity index (χ0) is 16.5. The van der Waals surface area contributed by atoms with E-state index < -0.39 is 6.23 Å². The fraction of sp³-hybridized carbons (Fsp3) is 0.150. The summed E-state index contributed by atoms with van der Waals surface area (Å²) < 4.78 is 0. The normalized spacial score (nSPS) is 19.6. The van der Waals surface area contributed by atoms with Crippen molar-refractivity contribution in [2.24, 2.45) is 4.99 Å². The first-order valence-electron chi connectivity index (χ1n) is 8.05. The van der Waals surface area contributed by atoms with Gasteiger partial charge in [0.1, 0.15) is 0 Å². The maximum atomic E-state index is 10.4. The van der Waals surface area contributed by atoms with Crippen LogP contribution in [0.3, 0.4) is 0 Å². The summed E-state index contributed by atoms with van der Waals surface area (Å²) in [4.78, 5) is 6.40. The molecule has 2 N–H and O–H groups in total. The first-order chi connectivity index (χ1) is 11.7. The molecule has 4 nitrogen and oxygen atoms in total. The third kappa shape index (κ3) is 2.61. The lowest BCUT2D eigenvalue weighted by Crippen LogP contribution is -2.35. The monoisotopic (exact) mass is 317 g/mol. The Balaban J connectivity index is 1.73. The van der Waals surface area contributed by atoms with Crippen molar-refractivity contribution in [1.29, 1.82) is 0 Å². The number of aliphatic hydroxyl groups is 1. The van der Waals surface area contributed by atoms with Crippen LogP contribution in [0.25, 0.3) is 5.70 Å². The molecular formula is C20H19N3O. The van der Waals surface area contributed by atoms with Crippen LogP contribution in [-0.4, -0.2) is 21.9 Å². The Morgan fingerprint density at radius 1 is 1.04 bits per heavy atom.